The summed E-state index contributed by atoms with van der Waals surface area (Å²) >= 11 is 1.58. The van der Waals surface area contributed by atoms with E-state index in [1.54, 1.807) is 30.6 Å². The highest BCUT2D eigenvalue weighted by Crippen LogP contribution is 2.30. The molecule has 0 amide bonds. The molecule has 0 unspecified atom stereocenters. The Labute approximate surface area is 111 Å². The SMILES string of the molecule is COC(C)(C)c1nc(-c2ccc(C#N)cc2)cs1. The van der Waals surface area contributed by atoms with Crippen molar-refractivity contribution in [3.8, 4) is 17.3 Å². The molecule has 4 heteroatoms. The zero-order valence-corrected chi connectivity index (χ0v) is 11.4. The number of aromatic nitrogens is 1. The lowest BCUT2D eigenvalue weighted by Gasteiger charge is -2.19. The van der Waals surface area contributed by atoms with Gasteiger partial charge in [0.1, 0.15) is 10.6 Å². The number of thiazole rings is 1. The maximum atomic E-state index is 8.76. The van der Waals surface area contributed by atoms with Gasteiger partial charge < -0.3 is 4.74 Å². The zero-order valence-electron chi connectivity index (χ0n) is 10.6. The Bertz CT molecular complexity index is 579. The second kappa shape index (κ2) is 4.89. The van der Waals surface area contributed by atoms with Gasteiger partial charge in [-0.25, -0.2) is 4.98 Å². The van der Waals surface area contributed by atoms with Crippen LogP contribution in [0.25, 0.3) is 11.3 Å². The van der Waals surface area contributed by atoms with E-state index in [0.717, 1.165) is 16.3 Å². The molecular formula is C14H14N2OS. The Morgan fingerprint density at radius 2 is 1.94 bits per heavy atom. The topological polar surface area (TPSA) is 45.9 Å². The molecule has 1 heterocycles. The molecular weight excluding hydrogens is 244 g/mol. The van der Waals surface area contributed by atoms with Crippen molar-refractivity contribution in [2.45, 2.75) is 19.4 Å². The van der Waals surface area contributed by atoms with E-state index in [1.807, 2.05) is 31.4 Å². The van der Waals surface area contributed by atoms with Crippen molar-refractivity contribution in [2.75, 3.05) is 7.11 Å². The fraction of sp³-hybridized carbons (Fsp3) is 0.286. The molecule has 0 atom stereocenters. The van der Waals surface area contributed by atoms with E-state index in [9.17, 15) is 0 Å². The second-order valence-electron chi connectivity index (χ2n) is 4.44. The Kier molecular flexibility index (Phi) is 3.46. The maximum absolute atomic E-state index is 8.76. The van der Waals surface area contributed by atoms with Gasteiger partial charge in [0.25, 0.3) is 0 Å². The van der Waals surface area contributed by atoms with Gasteiger partial charge in [-0.15, -0.1) is 11.3 Å². The molecule has 2 aromatic rings. The van der Waals surface area contributed by atoms with Crippen molar-refractivity contribution in [3.63, 3.8) is 0 Å². The first-order valence-corrected chi connectivity index (χ1v) is 6.46. The first-order chi connectivity index (χ1) is 8.56. The molecule has 0 radical (unpaired) electrons. The van der Waals surface area contributed by atoms with Gasteiger partial charge in [0, 0.05) is 18.1 Å². The van der Waals surface area contributed by atoms with Crippen LogP contribution in [0.3, 0.4) is 0 Å². The summed E-state index contributed by atoms with van der Waals surface area (Å²) in [6.07, 6.45) is 0. The summed E-state index contributed by atoms with van der Waals surface area (Å²) in [6, 6.07) is 9.54. The Morgan fingerprint density at radius 1 is 1.28 bits per heavy atom. The second-order valence-corrected chi connectivity index (χ2v) is 5.30. The highest BCUT2D eigenvalue weighted by Gasteiger charge is 2.23. The van der Waals surface area contributed by atoms with E-state index in [0.29, 0.717) is 5.56 Å². The Balaban J connectivity index is 2.32. The van der Waals surface area contributed by atoms with E-state index >= 15 is 0 Å². The number of ether oxygens (including phenoxy) is 1. The van der Waals surface area contributed by atoms with Gasteiger partial charge in [-0.1, -0.05) is 12.1 Å². The monoisotopic (exact) mass is 258 g/mol. The standard InChI is InChI=1S/C14H14N2OS/c1-14(2,17-3)13-16-12(9-18-13)11-6-4-10(8-15)5-7-11/h4-7,9H,1-3H3. The van der Waals surface area contributed by atoms with Crippen LogP contribution in [0.2, 0.25) is 0 Å². The fourth-order valence-electron chi connectivity index (χ4n) is 1.49. The average Bonchev–Trinajstić information content (AvgIpc) is 2.89. The summed E-state index contributed by atoms with van der Waals surface area (Å²) in [5, 5.41) is 11.7. The van der Waals surface area contributed by atoms with Gasteiger partial charge in [0.2, 0.25) is 0 Å². The molecule has 0 aliphatic rings. The fourth-order valence-corrected chi connectivity index (χ4v) is 2.42. The van der Waals surface area contributed by atoms with Gasteiger partial charge in [0.05, 0.1) is 17.3 Å². The molecule has 2 rings (SSSR count). The summed E-state index contributed by atoms with van der Waals surface area (Å²) in [5.74, 6) is 0. The third kappa shape index (κ3) is 2.42. The molecule has 0 bridgehead atoms. The molecule has 0 fully saturated rings. The lowest BCUT2D eigenvalue weighted by atomic mass is 10.1. The number of nitrogens with zero attached hydrogens (tertiary/aromatic N) is 2. The van der Waals surface area contributed by atoms with Crippen LogP contribution in [0.5, 0.6) is 0 Å². The molecule has 0 aliphatic carbocycles. The van der Waals surface area contributed by atoms with E-state index in [-0.39, 0.29) is 5.60 Å². The molecule has 92 valence electrons. The zero-order chi connectivity index (χ0) is 13.2. The third-order valence-electron chi connectivity index (χ3n) is 2.84. The van der Waals surface area contributed by atoms with Crippen molar-refractivity contribution < 1.29 is 4.74 Å². The van der Waals surface area contributed by atoms with Crippen LogP contribution in [0, 0.1) is 11.3 Å². The predicted molar refractivity (Wildman–Crippen MR) is 72.3 cm³/mol. The number of nitriles is 1. The third-order valence-corrected chi connectivity index (χ3v) is 3.99. The predicted octanol–water partition coefficient (Wildman–Crippen LogP) is 3.56. The van der Waals surface area contributed by atoms with Crippen molar-refractivity contribution in [1.82, 2.24) is 4.98 Å². The lowest BCUT2D eigenvalue weighted by molar-refractivity contribution is 0.0191. The van der Waals surface area contributed by atoms with Crippen LogP contribution in [0.4, 0.5) is 0 Å². The molecule has 1 aromatic carbocycles. The smallest absolute Gasteiger partial charge is 0.125 e. The molecule has 3 nitrogen and oxygen atoms in total. The lowest BCUT2D eigenvalue weighted by Crippen LogP contribution is -2.18. The number of hydrogen-bond acceptors (Lipinski definition) is 4. The summed E-state index contributed by atoms with van der Waals surface area (Å²) in [4.78, 5) is 4.59. The first-order valence-electron chi connectivity index (χ1n) is 5.58. The summed E-state index contributed by atoms with van der Waals surface area (Å²) in [7, 11) is 1.68. The number of rotatable bonds is 3. The molecule has 0 saturated carbocycles. The molecule has 0 saturated heterocycles. The van der Waals surface area contributed by atoms with E-state index < -0.39 is 0 Å². The van der Waals surface area contributed by atoms with Crippen molar-refractivity contribution in [2.24, 2.45) is 0 Å². The maximum Gasteiger partial charge on any atom is 0.125 e. The van der Waals surface area contributed by atoms with Crippen molar-refractivity contribution in [1.29, 1.82) is 5.26 Å². The molecule has 1 aromatic heterocycles. The number of methoxy groups -OCH3 is 1. The highest BCUT2D eigenvalue weighted by molar-refractivity contribution is 7.10. The quantitative estimate of drug-likeness (QED) is 0.845. The largest absolute Gasteiger partial charge is 0.372 e. The van der Waals surface area contributed by atoms with Crippen LogP contribution in [-0.4, -0.2) is 12.1 Å². The first kappa shape index (κ1) is 12.7. The van der Waals surface area contributed by atoms with Gasteiger partial charge in [-0.3, -0.25) is 0 Å². The number of benzene rings is 1. The van der Waals surface area contributed by atoms with Gasteiger partial charge in [-0.2, -0.15) is 5.26 Å². The summed E-state index contributed by atoms with van der Waals surface area (Å²) in [6.45, 7) is 3.99. The van der Waals surface area contributed by atoms with Gasteiger partial charge in [0.15, 0.2) is 0 Å². The molecule has 0 aliphatic heterocycles. The Hall–Kier alpha value is -1.70. The normalized spacial score (nSPS) is 11.2. The molecule has 0 spiro atoms. The molecule has 0 N–H and O–H groups in total. The van der Waals surface area contributed by atoms with Crippen molar-refractivity contribution >= 4 is 11.3 Å². The highest BCUT2D eigenvalue weighted by atomic mass is 32.1. The van der Waals surface area contributed by atoms with Crippen LogP contribution in [0.15, 0.2) is 29.6 Å². The van der Waals surface area contributed by atoms with Crippen molar-refractivity contribution in [3.05, 3.63) is 40.2 Å². The average molecular weight is 258 g/mol. The minimum absolute atomic E-state index is 0.366. The minimum atomic E-state index is -0.366. The van der Waals surface area contributed by atoms with E-state index in [2.05, 4.69) is 11.1 Å². The van der Waals surface area contributed by atoms with Crippen LogP contribution >= 0.6 is 11.3 Å². The minimum Gasteiger partial charge on any atom is -0.372 e. The van der Waals surface area contributed by atoms with E-state index in [4.69, 9.17) is 10.00 Å². The van der Waals surface area contributed by atoms with Crippen LogP contribution in [0.1, 0.15) is 24.4 Å². The number of hydrogen-bond donors (Lipinski definition) is 0. The van der Waals surface area contributed by atoms with Gasteiger partial charge in [-0.05, 0) is 26.0 Å². The van der Waals surface area contributed by atoms with Crippen LogP contribution in [-0.2, 0) is 10.3 Å². The van der Waals surface area contributed by atoms with Gasteiger partial charge >= 0.3 is 0 Å². The molecule has 18 heavy (non-hydrogen) atoms. The Morgan fingerprint density at radius 3 is 2.50 bits per heavy atom. The summed E-state index contributed by atoms with van der Waals surface area (Å²) in [5.41, 5.74) is 2.23. The summed E-state index contributed by atoms with van der Waals surface area (Å²) < 4.78 is 5.41. The van der Waals surface area contributed by atoms with E-state index in [1.165, 1.54) is 0 Å². The van der Waals surface area contributed by atoms with Crippen LogP contribution < -0.4 is 0 Å².